The summed E-state index contributed by atoms with van der Waals surface area (Å²) >= 11 is 0. The number of nitrogen functional groups attached to an aromatic ring is 1. The van der Waals surface area contributed by atoms with E-state index >= 15 is 0 Å². The summed E-state index contributed by atoms with van der Waals surface area (Å²) in [5.41, 5.74) is 6.53. The third kappa shape index (κ3) is 2.35. The largest absolute Gasteiger partial charge is 0.395 e. The molecule has 17 heavy (non-hydrogen) atoms. The Kier molecular flexibility index (Phi) is 2.95. The molecule has 1 aromatic carbocycles. The van der Waals surface area contributed by atoms with Crippen molar-refractivity contribution in [2.24, 2.45) is 0 Å². The van der Waals surface area contributed by atoms with Gasteiger partial charge in [0, 0.05) is 17.8 Å². The fourth-order valence-electron chi connectivity index (χ4n) is 1.52. The second kappa shape index (κ2) is 4.40. The molecule has 1 aromatic heterocycles. The minimum Gasteiger partial charge on any atom is -0.395 e. The van der Waals surface area contributed by atoms with E-state index in [2.05, 4.69) is 15.5 Å². The molecule has 0 aliphatic heterocycles. The number of hydrogen-bond donors (Lipinski definition) is 3. The molecular weight excluding hydrogens is 226 g/mol. The number of benzene rings is 1. The zero-order valence-electron chi connectivity index (χ0n) is 9.17. The Labute approximate surface area is 96.8 Å². The molecule has 0 aliphatic rings. The van der Waals surface area contributed by atoms with Gasteiger partial charge in [-0.25, -0.2) is 8.78 Å². The van der Waals surface area contributed by atoms with E-state index < -0.39 is 11.6 Å². The van der Waals surface area contributed by atoms with E-state index in [9.17, 15) is 8.78 Å². The van der Waals surface area contributed by atoms with Crippen LogP contribution in [0, 0.1) is 11.6 Å². The molecule has 2 aromatic rings. The average molecular weight is 238 g/mol. The zero-order valence-corrected chi connectivity index (χ0v) is 9.17. The molecule has 90 valence electrons. The van der Waals surface area contributed by atoms with E-state index in [-0.39, 0.29) is 17.4 Å². The summed E-state index contributed by atoms with van der Waals surface area (Å²) in [7, 11) is 0. The topological polar surface area (TPSA) is 66.7 Å². The highest BCUT2D eigenvalue weighted by Crippen LogP contribution is 2.27. The van der Waals surface area contributed by atoms with Gasteiger partial charge in [-0.3, -0.25) is 5.10 Å². The number of nitrogens with zero attached hydrogens (tertiary/aromatic N) is 1. The van der Waals surface area contributed by atoms with Crippen LogP contribution in [0.3, 0.4) is 0 Å². The predicted molar refractivity (Wildman–Crippen MR) is 61.4 cm³/mol. The average Bonchev–Trinajstić information content (AvgIpc) is 2.78. The first-order valence-electron chi connectivity index (χ1n) is 5.07. The van der Waals surface area contributed by atoms with Crippen LogP contribution in [-0.2, 0) is 0 Å². The number of anilines is 2. The zero-order chi connectivity index (χ0) is 12.4. The van der Waals surface area contributed by atoms with E-state index in [1.807, 2.05) is 6.92 Å². The van der Waals surface area contributed by atoms with Crippen molar-refractivity contribution < 1.29 is 8.78 Å². The van der Waals surface area contributed by atoms with Crippen LogP contribution in [0.2, 0.25) is 0 Å². The molecule has 1 unspecified atom stereocenters. The van der Waals surface area contributed by atoms with Gasteiger partial charge in [-0.2, -0.15) is 5.10 Å². The van der Waals surface area contributed by atoms with Crippen LogP contribution >= 0.6 is 0 Å². The fourth-order valence-corrected chi connectivity index (χ4v) is 1.52. The summed E-state index contributed by atoms with van der Waals surface area (Å²) in [5, 5.41) is 9.39. The Morgan fingerprint density at radius 3 is 2.82 bits per heavy atom. The van der Waals surface area contributed by atoms with Gasteiger partial charge in [0.15, 0.2) is 5.82 Å². The predicted octanol–water partition coefficient (Wildman–Crippen LogP) is 2.44. The number of nitrogens with two attached hydrogens (primary N) is 1. The number of halogens is 2. The standard InChI is InChI=1S/C11H12F2N4/c1-6(7-4-15-16-5-7)17-10-3-8(12)2-9(13)11(10)14/h2-6,17H,14H2,1H3,(H,15,16). The third-order valence-electron chi connectivity index (χ3n) is 2.49. The summed E-state index contributed by atoms with van der Waals surface area (Å²) < 4.78 is 26.3. The molecule has 1 heterocycles. The first-order chi connectivity index (χ1) is 8.08. The van der Waals surface area contributed by atoms with Gasteiger partial charge in [0.1, 0.15) is 5.82 Å². The number of hydrogen-bond acceptors (Lipinski definition) is 3. The Hall–Kier alpha value is -2.11. The lowest BCUT2D eigenvalue weighted by molar-refractivity contribution is 0.586. The highest BCUT2D eigenvalue weighted by atomic mass is 19.1. The van der Waals surface area contributed by atoms with Crippen molar-refractivity contribution >= 4 is 11.4 Å². The maximum absolute atomic E-state index is 13.2. The van der Waals surface area contributed by atoms with Crippen molar-refractivity contribution in [2.75, 3.05) is 11.1 Å². The monoisotopic (exact) mass is 238 g/mol. The van der Waals surface area contributed by atoms with Gasteiger partial charge in [0.25, 0.3) is 0 Å². The molecular formula is C11H12F2N4. The molecule has 0 radical (unpaired) electrons. The lowest BCUT2D eigenvalue weighted by Gasteiger charge is -2.15. The van der Waals surface area contributed by atoms with E-state index in [1.54, 1.807) is 12.4 Å². The molecule has 0 saturated carbocycles. The molecule has 0 bridgehead atoms. The van der Waals surface area contributed by atoms with Gasteiger partial charge in [0.05, 0.1) is 23.6 Å². The van der Waals surface area contributed by atoms with Crippen LogP contribution in [0.5, 0.6) is 0 Å². The number of rotatable bonds is 3. The van der Waals surface area contributed by atoms with Crippen molar-refractivity contribution in [3.05, 3.63) is 41.7 Å². The number of H-pyrrole nitrogens is 1. The van der Waals surface area contributed by atoms with Gasteiger partial charge in [-0.1, -0.05) is 0 Å². The summed E-state index contributed by atoms with van der Waals surface area (Å²) in [6, 6.07) is 1.76. The minimum atomic E-state index is -0.771. The highest BCUT2D eigenvalue weighted by Gasteiger charge is 2.12. The highest BCUT2D eigenvalue weighted by molar-refractivity contribution is 5.67. The van der Waals surface area contributed by atoms with Crippen molar-refractivity contribution in [1.82, 2.24) is 10.2 Å². The van der Waals surface area contributed by atoms with Gasteiger partial charge < -0.3 is 11.1 Å². The quantitative estimate of drug-likeness (QED) is 0.719. The molecule has 4 nitrogen and oxygen atoms in total. The van der Waals surface area contributed by atoms with Crippen LogP contribution in [-0.4, -0.2) is 10.2 Å². The van der Waals surface area contributed by atoms with E-state index in [0.29, 0.717) is 0 Å². The first-order valence-corrected chi connectivity index (χ1v) is 5.07. The second-order valence-electron chi connectivity index (χ2n) is 3.75. The smallest absolute Gasteiger partial charge is 0.151 e. The summed E-state index contributed by atoms with van der Waals surface area (Å²) in [6.07, 6.45) is 3.33. The fraction of sp³-hybridized carbons (Fsp3) is 0.182. The molecule has 0 aliphatic carbocycles. The first kappa shape index (κ1) is 11.4. The van der Waals surface area contributed by atoms with Crippen molar-refractivity contribution in [3.63, 3.8) is 0 Å². The SMILES string of the molecule is CC(Nc1cc(F)cc(F)c1N)c1cn[nH]c1. The van der Waals surface area contributed by atoms with Crippen LogP contribution in [0.1, 0.15) is 18.5 Å². The summed E-state index contributed by atoms with van der Waals surface area (Å²) in [6.45, 7) is 1.84. The van der Waals surface area contributed by atoms with Gasteiger partial charge >= 0.3 is 0 Å². The second-order valence-corrected chi connectivity index (χ2v) is 3.75. The maximum atomic E-state index is 13.2. The van der Waals surface area contributed by atoms with Gasteiger partial charge in [0.2, 0.25) is 0 Å². The lowest BCUT2D eigenvalue weighted by Crippen LogP contribution is -2.09. The van der Waals surface area contributed by atoms with E-state index in [4.69, 9.17) is 5.73 Å². The molecule has 0 fully saturated rings. The van der Waals surface area contributed by atoms with E-state index in [1.165, 1.54) is 0 Å². The maximum Gasteiger partial charge on any atom is 0.151 e. The summed E-state index contributed by atoms with van der Waals surface area (Å²) in [4.78, 5) is 0. The van der Waals surface area contributed by atoms with Crippen LogP contribution < -0.4 is 11.1 Å². The molecule has 0 spiro atoms. The van der Waals surface area contributed by atoms with Crippen molar-refractivity contribution in [1.29, 1.82) is 0 Å². The van der Waals surface area contributed by atoms with Gasteiger partial charge in [-0.15, -0.1) is 0 Å². The molecule has 4 N–H and O–H groups in total. The Balaban J connectivity index is 2.24. The number of nitrogens with one attached hydrogen (secondary N) is 2. The molecule has 0 amide bonds. The molecule has 0 saturated heterocycles. The number of aromatic nitrogens is 2. The summed E-state index contributed by atoms with van der Waals surface area (Å²) in [5.74, 6) is -1.44. The Morgan fingerprint density at radius 2 is 2.18 bits per heavy atom. The Morgan fingerprint density at radius 1 is 1.41 bits per heavy atom. The number of aromatic amines is 1. The van der Waals surface area contributed by atoms with Crippen LogP contribution in [0.15, 0.2) is 24.5 Å². The molecule has 1 atom stereocenters. The minimum absolute atomic E-state index is 0.0956. The van der Waals surface area contributed by atoms with Gasteiger partial charge in [-0.05, 0) is 13.0 Å². The van der Waals surface area contributed by atoms with Crippen molar-refractivity contribution in [3.8, 4) is 0 Å². The lowest BCUT2D eigenvalue weighted by atomic mass is 10.1. The van der Waals surface area contributed by atoms with Crippen LogP contribution in [0.25, 0.3) is 0 Å². The molecule has 2 rings (SSSR count). The Bertz CT molecular complexity index is 510. The van der Waals surface area contributed by atoms with E-state index in [0.717, 1.165) is 17.7 Å². The third-order valence-corrected chi connectivity index (χ3v) is 2.49. The molecule has 6 heteroatoms. The van der Waals surface area contributed by atoms with Crippen molar-refractivity contribution in [2.45, 2.75) is 13.0 Å². The normalized spacial score (nSPS) is 12.4. The van der Waals surface area contributed by atoms with Crippen LogP contribution in [0.4, 0.5) is 20.2 Å².